The number of fused-ring (bicyclic) bond motifs is 1. The first-order valence-corrected chi connectivity index (χ1v) is 5.08. The summed E-state index contributed by atoms with van der Waals surface area (Å²) in [6.45, 7) is 5.67. The molecule has 0 aromatic carbocycles. The lowest BCUT2D eigenvalue weighted by Gasteiger charge is -2.08. The van der Waals surface area contributed by atoms with Crippen molar-refractivity contribution < 1.29 is 4.39 Å². The summed E-state index contributed by atoms with van der Waals surface area (Å²) < 4.78 is 14.3. The summed E-state index contributed by atoms with van der Waals surface area (Å²) in [7, 11) is 0. The molecule has 0 bridgehead atoms. The van der Waals surface area contributed by atoms with Crippen molar-refractivity contribution in [3.8, 4) is 0 Å². The fourth-order valence-electron chi connectivity index (χ4n) is 1.45. The largest absolute Gasteiger partial charge is 0.350 e. The minimum Gasteiger partial charge on any atom is -0.350 e. The van der Waals surface area contributed by atoms with Crippen molar-refractivity contribution in [3.63, 3.8) is 0 Å². The Hall–Kier alpha value is -1.91. The van der Waals surface area contributed by atoms with Gasteiger partial charge in [-0.3, -0.25) is 0 Å². The van der Waals surface area contributed by atoms with Crippen LogP contribution in [-0.4, -0.2) is 20.6 Å². The second kappa shape index (κ2) is 4.30. The van der Waals surface area contributed by atoms with Crippen LogP contribution in [0.3, 0.4) is 0 Å². The van der Waals surface area contributed by atoms with Gasteiger partial charge in [-0.2, -0.15) is 4.98 Å². The van der Waals surface area contributed by atoms with Gasteiger partial charge in [0.25, 0.3) is 0 Å². The molecule has 0 fully saturated rings. The monoisotopic (exact) mass is 220 g/mol. The van der Waals surface area contributed by atoms with Gasteiger partial charge in [0.2, 0.25) is 5.95 Å². The Balaban J connectivity index is 2.22. The molecule has 2 aromatic heterocycles. The molecular formula is C11H13FN4. The molecule has 0 saturated heterocycles. The summed E-state index contributed by atoms with van der Waals surface area (Å²) in [4.78, 5) is 4.22. The summed E-state index contributed by atoms with van der Waals surface area (Å²) in [5.74, 6) is 0.169. The van der Waals surface area contributed by atoms with Crippen molar-refractivity contribution in [3.05, 3.63) is 36.8 Å². The molecule has 2 aromatic rings. The summed E-state index contributed by atoms with van der Waals surface area (Å²) >= 11 is 0. The first kappa shape index (κ1) is 10.6. The van der Waals surface area contributed by atoms with Gasteiger partial charge in [0, 0.05) is 6.04 Å². The molecule has 0 radical (unpaired) electrons. The maximum Gasteiger partial charge on any atom is 0.243 e. The Morgan fingerprint density at radius 3 is 3.19 bits per heavy atom. The highest BCUT2D eigenvalue weighted by Crippen LogP contribution is 2.08. The number of nitrogens with zero attached hydrogens (tertiary/aromatic N) is 3. The van der Waals surface area contributed by atoms with E-state index in [4.69, 9.17) is 0 Å². The Labute approximate surface area is 92.8 Å². The zero-order chi connectivity index (χ0) is 11.5. The van der Waals surface area contributed by atoms with Gasteiger partial charge < -0.3 is 5.32 Å². The SMILES string of the molecule is C=CCC(C)Nc1nc2ccc(F)cn2n1. The lowest BCUT2D eigenvalue weighted by Crippen LogP contribution is -2.14. The van der Waals surface area contributed by atoms with E-state index in [2.05, 4.69) is 22.0 Å². The Bertz CT molecular complexity index is 506. The lowest BCUT2D eigenvalue weighted by atomic mass is 10.2. The molecular weight excluding hydrogens is 207 g/mol. The van der Waals surface area contributed by atoms with Gasteiger partial charge in [-0.25, -0.2) is 8.91 Å². The second-order valence-electron chi connectivity index (χ2n) is 3.66. The zero-order valence-electron chi connectivity index (χ0n) is 9.02. The van der Waals surface area contributed by atoms with Gasteiger partial charge in [0.05, 0.1) is 6.20 Å². The number of hydrogen-bond acceptors (Lipinski definition) is 3. The first-order chi connectivity index (χ1) is 7.69. The minimum absolute atomic E-state index is 0.208. The van der Waals surface area contributed by atoms with Gasteiger partial charge in [-0.15, -0.1) is 11.7 Å². The van der Waals surface area contributed by atoms with Crippen molar-refractivity contribution >= 4 is 11.6 Å². The Kier molecular flexibility index (Phi) is 2.85. The molecule has 1 atom stereocenters. The van der Waals surface area contributed by atoms with Gasteiger partial charge in [0.1, 0.15) is 5.82 Å². The molecule has 2 heterocycles. The molecule has 0 spiro atoms. The molecule has 0 saturated carbocycles. The van der Waals surface area contributed by atoms with E-state index in [-0.39, 0.29) is 11.9 Å². The van der Waals surface area contributed by atoms with Gasteiger partial charge >= 0.3 is 0 Å². The predicted octanol–water partition coefficient (Wildman–Crippen LogP) is 2.24. The van der Waals surface area contributed by atoms with Crippen LogP contribution < -0.4 is 5.32 Å². The van der Waals surface area contributed by atoms with E-state index in [1.54, 1.807) is 6.07 Å². The van der Waals surface area contributed by atoms with Crippen molar-refractivity contribution in [1.82, 2.24) is 14.6 Å². The maximum atomic E-state index is 12.9. The molecule has 1 unspecified atom stereocenters. The van der Waals surface area contributed by atoms with Crippen molar-refractivity contribution in [2.75, 3.05) is 5.32 Å². The average molecular weight is 220 g/mol. The highest BCUT2D eigenvalue weighted by molar-refractivity contribution is 5.43. The van der Waals surface area contributed by atoms with E-state index in [0.717, 1.165) is 6.42 Å². The number of pyridine rings is 1. The fraction of sp³-hybridized carbons (Fsp3) is 0.273. The molecule has 1 N–H and O–H groups in total. The van der Waals surface area contributed by atoms with Crippen LogP contribution in [0.1, 0.15) is 13.3 Å². The molecule has 16 heavy (non-hydrogen) atoms. The summed E-state index contributed by atoms with van der Waals surface area (Å²) in [6.07, 6.45) is 3.95. The summed E-state index contributed by atoms with van der Waals surface area (Å²) in [5, 5.41) is 7.23. The topological polar surface area (TPSA) is 42.2 Å². The predicted molar refractivity (Wildman–Crippen MR) is 60.8 cm³/mol. The molecule has 0 aliphatic heterocycles. The van der Waals surface area contributed by atoms with Crippen LogP contribution in [0.5, 0.6) is 0 Å². The van der Waals surface area contributed by atoms with Crippen LogP contribution in [0.15, 0.2) is 31.0 Å². The van der Waals surface area contributed by atoms with Crippen LogP contribution in [0.4, 0.5) is 10.3 Å². The van der Waals surface area contributed by atoms with Crippen LogP contribution >= 0.6 is 0 Å². The van der Waals surface area contributed by atoms with Gasteiger partial charge in [0.15, 0.2) is 5.65 Å². The highest BCUT2D eigenvalue weighted by Gasteiger charge is 2.06. The molecule has 4 nitrogen and oxygen atoms in total. The third-order valence-corrected chi connectivity index (χ3v) is 2.19. The van der Waals surface area contributed by atoms with Crippen LogP contribution in [-0.2, 0) is 0 Å². The first-order valence-electron chi connectivity index (χ1n) is 5.08. The molecule has 2 rings (SSSR count). The van der Waals surface area contributed by atoms with E-state index in [1.807, 2.05) is 13.0 Å². The number of anilines is 1. The number of rotatable bonds is 4. The highest BCUT2D eigenvalue weighted by atomic mass is 19.1. The smallest absolute Gasteiger partial charge is 0.243 e. The number of nitrogens with one attached hydrogen (secondary N) is 1. The summed E-state index contributed by atoms with van der Waals surface area (Å²) in [5.41, 5.74) is 0.620. The molecule has 84 valence electrons. The van der Waals surface area contributed by atoms with Gasteiger partial charge in [-0.05, 0) is 25.5 Å². The van der Waals surface area contributed by atoms with Crippen LogP contribution in [0, 0.1) is 5.82 Å². The van der Waals surface area contributed by atoms with E-state index < -0.39 is 0 Å². The molecule has 0 aliphatic carbocycles. The second-order valence-corrected chi connectivity index (χ2v) is 3.66. The van der Waals surface area contributed by atoms with Crippen LogP contribution in [0.2, 0.25) is 0 Å². The fourth-order valence-corrected chi connectivity index (χ4v) is 1.45. The van der Waals surface area contributed by atoms with Gasteiger partial charge in [-0.1, -0.05) is 6.08 Å². The minimum atomic E-state index is -0.330. The van der Waals surface area contributed by atoms with E-state index >= 15 is 0 Å². The number of halogens is 1. The molecule has 5 heteroatoms. The lowest BCUT2D eigenvalue weighted by molar-refractivity contribution is 0.614. The Morgan fingerprint density at radius 1 is 1.62 bits per heavy atom. The van der Waals surface area contributed by atoms with E-state index in [1.165, 1.54) is 16.8 Å². The quantitative estimate of drug-likeness (QED) is 0.803. The molecule has 0 amide bonds. The van der Waals surface area contributed by atoms with E-state index in [0.29, 0.717) is 11.6 Å². The maximum absolute atomic E-state index is 12.9. The van der Waals surface area contributed by atoms with Crippen LogP contribution in [0.25, 0.3) is 5.65 Å². The zero-order valence-corrected chi connectivity index (χ0v) is 9.02. The van der Waals surface area contributed by atoms with Crippen molar-refractivity contribution in [1.29, 1.82) is 0 Å². The Morgan fingerprint density at radius 2 is 2.44 bits per heavy atom. The van der Waals surface area contributed by atoms with E-state index in [9.17, 15) is 4.39 Å². The number of aromatic nitrogens is 3. The third-order valence-electron chi connectivity index (χ3n) is 2.19. The average Bonchev–Trinajstić information content (AvgIpc) is 2.59. The summed E-state index contributed by atoms with van der Waals surface area (Å²) in [6, 6.07) is 3.16. The standard InChI is InChI=1S/C11H13FN4/c1-3-4-8(2)13-11-14-10-6-5-9(12)7-16(10)15-11/h3,5-8H,1,4H2,2H3,(H,13,15). The molecule has 0 aliphatic rings. The van der Waals surface area contributed by atoms with Crippen molar-refractivity contribution in [2.24, 2.45) is 0 Å². The normalized spacial score (nSPS) is 12.6. The third kappa shape index (κ3) is 2.18. The number of hydrogen-bond donors (Lipinski definition) is 1. The van der Waals surface area contributed by atoms with Crippen molar-refractivity contribution in [2.45, 2.75) is 19.4 Å².